The minimum atomic E-state index is 0.686. The lowest BCUT2D eigenvalue weighted by Gasteiger charge is -2.26. The molecule has 1 atom stereocenters. The minimum Gasteiger partial charge on any atom is -0.315 e. The normalized spacial score (nSPS) is 22.4. The van der Waals surface area contributed by atoms with Crippen LogP contribution in [0.4, 0.5) is 0 Å². The van der Waals surface area contributed by atoms with Gasteiger partial charge in [0.1, 0.15) is 0 Å². The summed E-state index contributed by atoms with van der Waals surface area (Å²) in [4.78, 5) is 2.59. The quantitative estimate of drug-likeness (QED) is 0.843. The van der Waals surface area contributed by atoms with E-state index in [9.17, 15) is 0 Å². The Labute approximate surface area is 105 Å². The molecule has 17 heavy (non-hydrogen) atoms. The maximum absolute atomic E-state index is 3.47. The summed E-state index contributed by atoms with van der Waals surface area (Å²) < 4.78 is 0. The van der Waals surface area contributed by atoms with Crippen molar-refractivity contribution in [1.29, 1.82) is 0 Å². The van der Waals surface area contributed by atoms with Crippen molar-refractivity contribution in [1.82, 2.24) is 10.2 Å². The summed E-state index contributed by atoms with van der Waals surface area (Å²) in [5.74, 6) is 0. The van der Waals surface area contributed by atoms with Crippen LogP contribution < -0.4 is 5.32 Å². The second-order valence-corrected chi connectivity index (χ2v) is 5.35. The molecular formula is C15H24N2. The second-order valence-electron chi connectivity index (χ2n) is 5.35. The summed E-state index contributed by atoms with van der Waals surface area (Å²) in [7, 11) is 0. The Morgan fingerprint density at radius 2 is 1.88 bits per heavy atom. The predicted molar refractivity (Wildman–Crippen MR) is 73.3 cm³/mol. The van der Waals surface area contributed by atoms with Gasteiger partial charge in [-0.05, 0) is 39.3 Å². The molecule has 0 radical (unpaired) electrons. The smallest absolute Gasteiger partial charge is 0.0237 e. The summed E-state index contributed by atoms with van der Waals surface area (Å²) in [6, 6.07) is 7.57. The maximum Gasteiger partial charge on any atom is 0.0237 e. The lowest BCUT2D eigenvalue weighted by atomic mass is 10.1. The first-order valence-electron chi connectivity index (χ1n) is 6.67. The van der Waals surface area contributed by atoms with E-state index in [-0.39, 0.29) is 0 Å². The van der Waals surface area contributed by atoms with Crippen LogP contribution in [0.25, 0.3) is 0 Å². The summed E-state index contributed by atoms with van der Waals surface area (Å²) in [6.07, 6.45) is 1.25. The number of nitrogens with zero attached hydrogens (tertiary/aromatic N) is 1. The van der Waals surface area contributed by atoms with E-state index in [1.54, 1.807) is 0 Å². The third-order valence-corrected chi connectivity index (χ3v) is 3.61. The Hall–Kier alpha value is -0.860. The zero-order valence-electron chi connectivity index (χ0n) is 11.3. The number of hydrogen-bond acceptors (Lipinski definition) is 2. The molecule has 1 aromatic carbocycles. The molecule has 1 N–H and O–H groups in total. The Morgan fingerprint density at radius 3 is 2.59 bits per heavy atom. The second kappa shape index (κ2) is 5.65. The van der Waals surface area contributed by atoms with Crippen LogP contribution >= 0.6 is 0 Å². The molecular weight excluding hydrogens is 208 g/mol. The average molecular weight is 232 g/mol. The van der Waals surface area contributed by atoms with Crippen LogP contribution in [0.15, 0.2) is 18.2 Å². The molecule has 1 aromatic rings. The van der Waals surface area contributed by atoms with Crippen molar-refractivity contribution in [3.63, 3.8) is 0 Å². The molecule has 94 valence electrons. The third-order valence-electron chi connectivity index (χ3n) is 3.61. The van der Waals surface area contributed by atoms with Crippen molar-refractivity contribution >= 4 is 0 Å². The third kappa shape index (κ3) is 3.55. The summed E-state index contributed by atoms with van der Waals surface area (Å²) >= 11 is 0. The topological polar surface area (TPSA) is 15.3 Å². The van der Waals surface area contributed by atoms with Crippen molar-refractivity contribution in [2.45, 2.75) is 39.8 Å². The fourth-order valence-corrected chi connectivity index (χ4v) is 2.69. The van der Waals surface area contributed by atoms with Crippen molar-refractivity contribution < 1.29 is 0 Å². The standard InChI is InChI=1S/C15H24N2/c1-12-8-13(2)10-15(9-12)11-17-7-6-16-5-4-14(17)3/h8-10,14,16H,4-7,11H2,1-3H3. The zero-order valence-corrected chi connectivity index (χ0v) is 11.3. The molecule has 2 nitrogen and oxygen atoms in total. The zero-order chi connectivity index (χ0) is 12.3. The number of nitrogens with one attached hydrogen (secondary N) is 1. The van der Waals surface area contributed by atoms with Gasteiger partial charge in [-0.2, -0.15) is 0 Å². The molecule has 0 spiro atoms. The van der Waals surface area contributed by atoms with Crippen molar-refractivity contribution in [3.8, 4) is 0 Å². The van der Waals surface area contributed by atoms with Crippen molar-refractivity contribution in [2.24, 2.45) is 0 Å². The van der Waals surface area contributed by atoms with Crippen LogP contribution in [-0.2, 0) is 6.54 Å². The number of aryl methyl sites for hydroxylation is 2. The fraction of sp³-hybridized carbons (Fsp3) is 0.600. The predicted octanol–water partition coefficient (Wildman–Crippen LogP) is 2.49. The molecule has 1 fully saturated rings. The highest BCUT2D eigenvalue weighted by atomic mass is 15.2. The summed E-state index contributed by atoms with van der Waals surface area (Å²) in [6.45, 7) is 11.2. The lowest BCUT2D eigenvalue weighted by molar-refractivity contribution is 0.211. The molecule has 0 aliphatic carbocycles. The van der Waals surface area contributed by atoms with Gasteiger partial charge in [-0.3, -0.25) is 4.90 Å². The first-order valence-corrected chi connectivity index (χ1v) is 6.67. The molecule has 2 rings (SSSR count). The van der Waals surface area contributed by atoms with Crippen LogP contribution in [0, 0.1) is 13.8 Å². The average Bonchev–Trinajstić information content (AvgIpc) is 2.43. The Balaban J connectivity index is 2.07. The Morgan fingerprint density at radius 1 is 1.18 bits per heavy atom. The van der Waals surface area contributed by atoms with Gasteiger partial charge >= 0.3 is 0 Å². The lowest BCUT2D eigenvalue weighted by Crippen LogP contribution is -2.33. The fourth-order valence-electron chi connectivity index (χ4n) is 2.69. The molecule has 1 unspecified atom stereocenters. The van der Waals surface area contributed by atoms with Gasteiger partial charge in [-0.15, -0.1) is 0 Å². The van der Waals surface area contributed by atoms with Gasteiger partial charge < -0.3 is 5.32 Å². The van der Waals surface area contributed by atoms with Gasteiger partial charge in [-0.25, -0.2) is 0 Å². The van der Waals surface area contributed by atoms with E-state index in [2.05, 4.69) is 49.2 Å². The Bertz CT molecular complexity index is 353. The van der Waals surface area contributed by atoms with Crippen LogP contribution in [-0.4, -0.2) is 30.6 Å². The number of hydrogen-bond donors (Lipinski definition) is 1. The van der Waals surface area contributed by atoms with E-state index >= 15 is 0 Å². The van der Waals surface area contributed by atoms with Crippen LogP contribution in [0.1, 0.15) is 30.0 Å². The highest BCUT2D eigenvalue weighted by Crippen LogP contribution is 2.15. The van der Waals surface area contributed by atoms with E-state index in [1.807, 2.05) is 0 Å². The van der Waals surface area contributed by atoms with Gasteiger partial charge in [0.2, 0.25) is 0 Å². The van der Waals surface area contributed by atoms with E-state index in [0.29, 0.717) is 6.04 Å². The molecule has 1 saturated heterocycles. The first kappa shape index (κ1) is 12.6. The van der Waals surface area contributed by atoms with E-state index in [0.717, 1.165) is 26.2 Å². The van der Waals surface area contributed by atoms with Gasteiger partial charge in [0.15, 0.2) is 0 Å². The van der Waals surface area contributed by atoms with E-state index in [1.165, 1.54) is 23.1 Å². The molecule has 1 heterocycles. The molecule has 0 amide bonds. The van der Waals surface area contributed by atoms with Crippen LogP contribution in [0.2, 0.25) is 0 Å². The first-order chi connectivity index (χ1) is 8.15. The van der Waals surface area contributed by atoms with Gasteiger partial charge in [0.05, 0.1) is 0 Å². The Kier molecular flexibility index (Phi) is 4.19. The molecule has 1 aliphatic rings. The van der Waals surface area contributed by atoms with Crippen LogP contribution in [0.5, 0.6) is 0 Å². The monoisotopic (exact) mass is 232 g/mol. The van der Waals surface area contributed by atoms with Gasteiger partial charge in [0.25, 0.3) is 0 Å². The molecule has 0 bridgehead atoms. The van der Waals surface area contributed by atoms with E-state index in [4.69, 9.17) is 0 Å². The van der Waals surface area contributed by atoms with Crippen molar-refractivity contribution in [2.75, 3.05) is 19.6 Å². The van der Waals surface area contributed by atoms with Crippen molar-refractivity contribution in [3.05, 3.63) is 34.9 Å². The SMILES string of the molecule is Cc1cc(C)cc(CN2CCNCCC2C)c1. The van der Waals surface area contributed by atoms with E-state index < -0.39 is 0 Å². The molecule has 2 heteroatoms. The maximum atomic E-state index is 3.47. The largest absolute Gasteiger partial charge is 0.315 e. The highest BCUT2D eigenvalue weighted by Gasteiger charge is 2.16. The highest BCUT2D eigenvalue weighted by molar-refractivity contribution is 5.28. The minimum absolute atomic E-state index is 0.686. The van der Waals surface area contributed by atoms with Gasteiger partial charge in [0, 0.05) is 25.7 Å². The number of rotatable bonds is 2. The number of benzene rings is 1. The summed E-state index contributed by atoms with van der Waals surface area (Å²) in [5.41, 5.74) is 4.21. The molecule has 0 aromatic heterocycles. The van der Waals surface area contributed by atoms with Gasteiger partial charge in [-0.1, -0.05) is 29.3 Å². The van der Waals surface area contributed by atoms with Crippen LogP contribution in [0.3, 0.4) is 0 Å². The molecule has 1 aliphatic heterocycles. The summed E-state index contributed by atoms with van der Waals surface area (Å²) in [5, 5.41) is 3.47. The molecule has 0 saturated carbocycles.